The Morgan fingerprint density at radius 2 is 1.67 bits per heavy atom. The van der Waals surface area contributed by atoms with Crippen LogP contribution in [-0.4, -0.2) is 15.3 Å². The molecule has 68 valence electrons. The van der Waals surface area contributed by atoms with E-state index in [1.54, 1.807) is 0 Å². The van der Waals surface area contributed by atoms with Gasteiger partial charge in [-0.25, -0.2) is 0 Å². The molecule has 0 spiro atoms. The Balaban J connectivity index is 0.00000121. The van der Waals surface area contributed by atoms with Crippen molar-refractivity contribution in [1.29, 1.82) is 0 Å². The summed E-state index contributed by atoms with van der Waals surface area (Å²) in [5.74, 6) is 3.53. The highest BCUT2D eigenvalue weighted by atomic mass is 35.5. The van der Waals surface area contributed by atoms with Crippen molar-refractivity contribution < 1.29 is 15.3 Å². The second kappa shape index (κ2) is 3.89. The fourth-order valence-electron chi connectivity index (χ4n) is 0.685. The molecule has 0 aliphatic carbocycles. The number of rotatable bonds is 1. The second-order valence-electron chi connectivity index (χ2n) is 1.97. The summed E-state index contributed by atoms with van der Waals surface area (Å²) in [4.78, 5) is 0. The Kier molecular flexibility index (Phi) is 3.46. The highest BCUT2D eigenvalue weighted by molar-refractivity contribution is 5.85. The molecule has 1 rings (SSSR count). The first kappa shape index (κ1) is 10.7. The van der Waals surface area contributed by atoms with Gasteiger partial charge in [0.05, 0.1) is 5.69 Å². The Morgan fingerprint density at radius 3 is 2.17 bits per heavy atom. The van der Waals surface area contributed by atoms with E-state index in [1.807, 2.05) is 0 Å². The fourth-order valence-corrected chi connectivity index (χ4v) is 0.685. The zero-order valence-electron chi connectivity index (χ0n) is 5.98. The number of hydrazine groups is 1. The predicted octanol–water partition coefficient (Wildman–Crippen LogP) is 0.511. The molecule has 0 atom stereocenters. The van der Waals surface area contributed by atoms with Gasteiger partial charge in [-0.2, -0.15) is 0 Å². The maximum Gasteiger partial charge on any atom is 0.202 e. The summed E-state index contributed by atoms with van der Waals surface area (Å²) in [6.07, 6.45) is 0. The minimum atomic E-state index is -0.583. The van der Waals surface area contributed by atoms with Crippen LogP contribution in [-0.2, 0) is 0 Å². The molecule has 6 N–H and O–H groups in total. The van der Waals surface area contributed by atoms with Gasteiger partial charge in [0.25, 0.3) is 0 Å². The Morgan fingerprint density at radius 1 is 1.08 bits per heavy atom. The van der Waals surface area contributed by atoms with Gasteiger partial charge in [-0.3, -0.25) is 5.84 Å². The van der Waals surface area contributed by atoms with E-state index in [0.717, 1.165) is 0 Å². The third-order valence-corrected chi connectivity index (χ3v) is 1.29. The summed E-state index contributed by atoms with van der Waals surface area (Å²) in [5.41, 5.74) is 2.30. The molecule has 0 bridgehead atoms. The summed E-state index contributed by atoms with van der Waals surface area (Å²) in [5, 5.41) is 26.8. The molecule has 1 aromatic rings. The van der Waals surface area contributed by atoms with Gasteiger partial charge in [-0.1, -0.05) is 0 Å². The van der Waals surface area contributed by atoms with Crippen molar-refractivity contribution in [1.82, 2.24) is 0 Å². The topological polar surface area (TPSA) is 98.7 Å². The third kappa shape index (κ3) is 1.63. The van der Waals surface area contributed by atoms with Crippen LogP contribution in [0.15, 0.2) is 12.1 Å². The number of anilines is 1. The molecule has 5 nitrogen and oxygen atoms in total. The summed E-state index contributed by atoms with van der Waals surface area (Å²) in [6, 6.07) is 2.55. The molecule has 0 radical (unpaired) electrons. The van der Waals surface area contributed by atoms with Gasteiger partial charge in [0.1, 0.15) is 0 Å². The number of nitrogen functional groups attached to an aromatic ring is 1. The first-order valence-corrected chi connectivity index (χ1v) is 2.87. The normalized spacial score (nSPS) is 8.75. The predicted molar refractivity (Wildman–Crippen MR) is 46.5 cm³/mol. The lowest BCUT2D eigenvalue weighted by molar-refractivity contribution is 0.369. The molecule has 0 fully saturated rings. The van der Waals surface area contributed by atoms with Gasteiger partial charge >= 0.3 is 0 Å². The van der Waals surface area contributed by atoms with Gasteiger partial charge in [-0.05, 0) is 12.1 Å². The average molecular weight is 193 g/mol. The van der Waals surface area contributed by atoms with Gasteiger partial charge < -0.3 is 20.7 Å². The number of hydrogen-bond acceptors (Lipinski definition) is 5. The monoisotopic (exact) mass is 192 g/mol. The number of benzene rings is 1. The maximum atomic E-state index is 9.03. The summed E-state index contributed by atoms with van der Waals surface area (Å²) < 4.78 is 0. The zero-order chi connectivity index (χ0) is 8.43. The third-order valence-electron chi connectivity index (χ3n) is 1.29. The van der Waals surface area contributed by atoms with Crippen molar-refractivity contribution in [3.05, 3.63) is 12.1 Å². The number of nitrogens with two attached hydrogens (primary N) is 1. The van der Waals surface area contributed by atoms with Gasteiger partial charge in [-0.15, -0.1) is 12.4 Å². The first-order valence-electron chi connectivity index (χ1n) is 2.87. The largest absolute Gasteiger partial charge is 0.504 e. The second-order valence-corrected chi connectivity index (χ2v) is 1.97. The molecular weight excluding hydrogens is 184 g/mol. The van der Waals surface area contributed by atoms with Crippen LogP contribution in [0.1, 0.15) is 0 Å². The van der Waals surface area contributed by atoms with E-state index in [-0.39, 0.29) is 23.8 Å². The van der Waals surface area contributed by atoms with Gasteiger partial charge in [0, 0.05) is 0 Å². The Hall–Kier alpha value is -1.33. The summed E-state index contributed by atoms with van der Waals surface area (Å²) in [7, 11) is 0. The van der Waals surface area contributed by atoms with Crippen LogP contribution in [0, 0.1) is 0 Å². The lowest BCUT2D eigenvalue weighted by Crippen LogP contribution is -2.06. The molecule has 0 saturated heterocycles. The number of hydrogen-bond donors (Lipinski definition) is 5. The van der Waals surface area contributed by atoms with Crippen LogP contribution >= 0.6 is 12.4 Å². The lowest BCUT2D eigenvalue weighted by atomic mass is 10.2. The van der Waals surface area contributed by atoms with E-state index >= 15 is 0 Å². The molecule has 0 saturated carbocycles. The van der Waals surface area contributed by atoms with Gasteiger partial charge in [0.2, 0.25) is 5.75 Å². The summed E-state index contributed by atoms with van der Waals surface area (Å²) in [6.45, 7) is 0. The molecule has 0 aliphatic rings. The van der Waals surface area contributed by atoms with E-state index in [0.29, 0.717) is 0 Å². The van der Waals surface area contributed by atoms with E-state index < -0.39 is 11.5 Å². The Bertz CT molecular complexity index is 280. The molecule has 0 aliphatic heterocycles. The first-order chi connectivity index (χ1) is 5.16. The number of phenolic OH excluding ortho intramolecular Hbond substituents is 3. The molecule has 0 aromatic heterocycles. The molecule has 0 amide bonds. The standard InChI is InChI=1S/C6H8N2O3.ClH/c7-8-3-1-2-4(9)6(11)5(3)10;/h1-2,8-11H,7H2;1H. The van der Waals surface area contributed by atoms with Crippen LogP contribution in [0.25, 0.3) is 0 Å². The van der Waals surface area contributed by atoms with Crippen molar-refractivity contribution in [2.75, 3.05) is 5.43 Å². The lowest BCUT2D eigenvalue weighted by Gasteiger charge is -2.05. The molecular formula is C6H9ClN2O3. The van der Waals surface area contributed by atoms with Crippen LogP contribution in [0.5, 0.6) is 17.2 Å². The SMILES string of the molecule is Cl.NNc1ccc(O)c(O)c1O. The maximum absolute atomic E-state index is 9.03. The molecule has 0 heterocycles. The molecule has 0 unspecified atom stereocenters. The van der Waals surface area contributed by atoms with Gasteiger partial charge in [0.15, 0.2) is 11.5 Å². The summed E-state index contributed by atoms with van der Waals surface area (Å²) >= 11 is 0. The number of phenols is 3. The smallest absolute Gasteiger partial charge is 0.202 e. The number of aromatic hydroxyl groups is 3. The van der Waals surface area contributed by atoms with E-state index in [4.69, 9.17) is 21.2 Å². The van der Waals surface area contributed by atoms with Crippen LogP contribution < -0.4 is 11.3 Å². The van der Waals surface area contributed by atoms with Crippen LogP contribution in [0.4, 0.5) is 5.69 Å². The van der Waals surface area contributed by atoms with Crippen LogP contribution in [0.2, 0.25) is 0 Å². The van der Waals surface area contributed by atoms with Crippen molar-refractivity contribution in [2.45, 2.75) is 0 Å². The average Bonchev–Trinajstić information content (AvgIpc) is 2.01. The van der Waals surface area contributed by atoms with E-state index in [2.05, 4.69) is 5.43 Å². The molecule has 1 aromatic carbocycles. The van der Waals surface area contributed by atoms with Crippen molar-refractivity contribution in [2.24, 2.45) is 5.84 Å². The molecule has 12 heavy (non-hydrogen) atoms. The van der Waals surface area contributed by atoms with E-state index in [1.165, 1.54) is 12.1 Å². The quantitative estimate of drug-likeness (QED) is 0.193. The van der Waals surface area contributed by atoms with Crippen molar-refractivity contribution in [3.8, 4) is 17.2 Å². The zero-order valence-corrected chi connectivity index (χ0v) is 6.80. The van der Waals surface area contributed by atoms with Crippen molar-refractivity contribution >= 4 is 18.1 Å². The van der Waals surface area contributed by atoms with Crippen molar-refractivity contribution in [3.63, 3.8) is 0 Å². The Labute approximate surface area is 74.8 Å². The highest BCUT2D eigenvalue weighted by Crippen LogP contribution is 2.39. The minimum Gasteiger partial charge on any atom is -0.504 e. The number of nitrogens with one attached hydrogen (secondary N) is 1. The molecule has 6 heteroatoms. The minimum absolute atomic E-state index is 0. The van der Waals surface area contributed by atoms with E-state index in [9.17, 15) is 0 Å². The highest BCUT2D eigenvalue weighted by Gasteiger charge is 2.08. The number of halogens is 1. The fraction of sp³-hybridized carbons (Fsp3) is 0. The van der Waals surface area contributed by atoms with Crippen LogP contribution in [0.3, 0.4) is 0 Å².